The first kappa shape index (κ1) is 36.5. The average molecular weight is 761 g/mol. The predicted octanol–water partition coefficient (Wildman–Crippen LogP) is 6.62. The van der Waals surface area contributed by atoms with Crippen molar-refractivity contribution < 1.29 is 36.6 Å². The third-order valence-corrected chi connectivity index (χ3v) is 10.7. The van der Waals surface area contributed by atoms with Crippen molar-refractivity contribution in [1.29, 1.82) is 0 Å². The highest BCUT2D eigenvalue weighted by Crippen LogP contribution is 2.40. The molecule has 3 aromatic heterocycles. The van der Waals surface area contributed by atoms with Gasteiger partial charge in [-0.15, -0.1) is 0 Å². The van der Waals surface area contributed by atoms with Gasteiger partial charge < -0.3 is 20.6 Å². The molecule has 3 N–H and O–H groups in total. The van der Waals surface area contributed by atoms with Crippen LogP contribution in [0.3, 0.4) is 0 Å². The summed E-state index contributed by atoms with van der Waals surface area (Å²) in [4.78, 5) is 35.5. The lowest BCUT2D eigenvalue weighted by Crippen LogP contribution is -2.54. The van der Waals surface area contributed by atoms with Crippen molar-refractivity contribution in [3.63, 3.8) is 0 Å². The number of aromatic nitrogens is 4. The molecule has 55 heavy (non-hydrogen) atoms. The molecule has 0 radical (unpaired) electrons. The van der Waals surface area contributed by atoms with E-state index in [1.54, 1.807) is 59.8 Å². The summed E-state index contributed by atoms with van der Waals surface area (Å²) >= 11 is 0. The Morgan fingerprint density at radius 2 is 1.84 bits per heavy atom. The van der Waals surface area contributed by atoms with Crippen molar-refractivity contribution in [3.05, 3.63) is 96.2 Å². The lowest BCUT2D eigenvalue weighted by Gasteiger charge is -2.37. The maximum Gasteiger partial charge on any atom is 0.433 e. The first-order valence-corrected chi connectivity index (χ1v) is 18.1. The van der Waals surface area contributed by atoms with E-state index in [1.165, 1.54) is 6.07 Å². The Kier molecular flexibility index (Phi) is 9.49. The van der Waals surface area contributed by atoms with Crippen LogP contribution in [0.25, 0.3) is 27.2 Å². The van der Waals surface area contributed by atoms with Crippen molar-refractivity contribution in [2.24, 2.45) is 5.92 Å². The van der Waals surface area contributed by atoms with Crippen LogP contribution in [0.2, 0.25) is 0 Å². The van der Waals surface area contributed by atoms with Crippen LogP contribution >= 0.6 is 0 Å². The SMILES string of the molecule is O=C1CCN(c2cncc3cc(C4=CCN(C[C@H]5CC[C@H](n6cc7cc(NC(=O)c8cccc(C(F)(F)F)n8)ccc7n6)CC5)CC4(F)F)ccc23)C(O)N1. The Hall–Kier alpha value is -5.48. The molecule has 16 heteroatoms. The molecular formula is C39H37F5N8O3. The molecule has 2 aromatic carbocycles. The minimum Gasteiger partial charge on any atom is -0.356 e. The van der Waals surface area contributed by atoms with Gasteiger partial charge in [-0.05, 0) is 73.6 Å². The van der Waals surface area contributed by atoms with Crippen LogP contribution in [0.4, 0.5) is 33.3 Å². The molecule has 8 rings (SSSR count). The number of carbonyl (C=O) groups excluding carboxylic acids is 2. The Morgan fingerprint density at radius 1 is 1.02 bits per heavy atom. The predicted molar refractivity (Wildman–Crippen MR) is 195 cm³/mol. The molecule has 2 fully saturated rings. The van der Waals surface area contributed by atoms with E-state index in [2.05, 4.69) is 20.6 Å². The smallest absolute Gasteiger partial charge is 0.356 e. The number of aliphatic hydroxyl groups excluding tert-OH is 1. The van der Waals surface area contributed by atoms with Crippen molar-refractivity contribution in [3.8, 4) is 0 Å². The Balaban J connectivity index is 0.877. The third kappa shape index (κ3) is 7.60. The first-order chi connectivity index (χ1) is 26.3. The maximum atomic E-state index is 15.8. The molecule has 0 spiro atoms. The van der Waals surface area contributed by atoms with E-state index in [0.717, 1.165) is 48.6 Å². The van der Waals surface area contributed by atoms with E-state index < -0.39 is 30.1 Å². The summed E-state index contributed by atoms with van der Waals surface area (Å²) in [6, 6.07) is 13.5. The summed E-state index contributed by atoms with van der Waals surface area (Å²) in [7, 11) is 0. The summed E-state index contributed by atoms with van der Waals surface area (Å²) in [6.07, 6.45) is 4.38. The Bertz CT molecular complexity index is 2300. The van der Waals surface area contributed by atoms with E-state index in [1.807, 2.05) is 15.8 Å². The standard InChI is InChI=1S/C39H37F5N8O3/c40-38(41)22-50(14-12-30(38)24-6-10-29-25(16-24)18-45-19-33(29)51-15-13-35(53)48-37(51)55)20-23-4-8-28(9-5-23)52-21-26-17-27(7-11-31(26)49-52)46-36(54)32-2-1-3-34(47-32)39(42,43)44/h1-3,6-7,10-12,16-19,21,23,28,37,55H,4-5,8-9,13-15,20,22H2,(H,46,54)(H,48,53)/t23-,28-,37?. The number of fused-ring (bicyclic) bond motifs is 2. The van der Waals surface area contributed by atoms with Gasteiger partial charge in [0.05, 0.1) is 30.0 Å². The average Bonchev–Trinajstić information content (AvgIpc) is 3.58. The number of aliphatic hydroxyl groups is 1. The monoisotopic (exact) mass is 760 g/mol. The fourth-order valence-corrected chi connectivity index (χ4v) is 7.90. The summed E-state index contributed by atoms with van der Waals surface area (Å²) in [5, 5.41) is 22.4. The highest BCUT2D eigenvalue weighted by molar-refractivity contribution is 6.04. The van der Waals surface area contributed by atoms with Crippen LogP contribution in [-0.4, -0.2) is 80.0 Å². The number of carbonyl (C=O) groups is 2. The van der Waals surface area contributed by atoms with Crippen LogP contribution in [0.15, 0.2) is 79.3 Å². The summed E-state index contributed by atoms with van der Waals surface area (Å²) < 4.78 is 72.6. The molecule has 2 amide bonds. The van der Waals surface area contributed by atoms with Gasteiger partial charge in [-0.2, -0.15) is 27.1 Å². The number of hydrogen-bond acceptors (Lipinski definition) is 8. The molecule has 1 aliphatic carbocycles. The molecule has 1 saturated heterocycles. The number of halogens is 5. The summed E-state index contributed by atoms with van der Waals surface area (Å²) in [6.45, 7) is 0.865. The van der Waals surface area contributed by atoms with E-state index >= 15 is 8.78 Å². The lowest BCUT2D eigenvalue weighted by atomic mass is 9.85. The molecule has 1 saturated carbocycles. The van der Waals surface area contributed by atoms with Gasteiger partial charge in [0, 0.05) is 65.9 Å². The van der Waals surface area contributed by atoms with E-state index in [0.29, 0.717) is 47.5 Å². The first-order valence-electron chi connectivity index (χ1n) is 18.1. The number of benzene rings is 2. The molecule has 286 valence electrons. The number of anilines is 2. The second-order valence-corrected chi connectivity index (χ2v) is 14.4. The number of rotatable bonds is 7. The number of pyridine rings is 2. The fraction of sp³-hybridized carbons (Fsp3) is 0.359. The largest absolute Gasteiger partial charge is 0.433 e. The van der Waals surface area contributed by atoms with E-state index in [9.17, 15) is 27.9 Å². The fourth-order valence-electron chi connectivity index (χ4n) is 7.90. The van der Waals surface area contributed by atoms with Gasteiger partial charge in [0.15, 0.2) is 0 Å². The summed E-state index contributed by atoms with van der Waals surface area (Å²) in [5.74, 6) is -3.83. The molecule has 5 heterocycles. The Morgan fingerprint density at radius 3 is 2.60 bits per heavy atom. The van der Waals surface area contributed by atoms with Crippen molar-refractivity contribution >= 4 is 50.4 Å². The zero-order valence-corrected chi connectivity index (χ0v) is 29.4. The highest BCUT2D eigenvalue weighted by Gasteiger charge is 2.41. The molecule has 1 unspecified atom stereocenters. The topological polar surface area (TPSA) is 129 Å². The van der Waals surface area contributed by atoms with Gasteiger partial charge in [-0.1, -0.05) is 24.3 Å². The number of amides is 2. The van der Waals surface area contributed by atoms with Gasteiger partial charge in [-0.3, -0.25) is 24.2 Å². The number of hydrogen-bond donors (Lipinski definition) is 3. The molecule has 3 aliphatic rings. The minimum absolute atomic E-state index is 0.0224. The van der Waals surface area contributed by atoms with Crippen molar-refractivity contribution in [1.82, 2.24) is 30.0 Å². The molecule has 11 nitrogen and oxygen atoms in total. The second kappa shape index (κ2) is 14.3. The van der Waals surface area contributed by atoms with Gasteiger partial charge in [0.25, 0.3) is 11.8 Å². The van der Waals surface area contributed by atoms with Crippen LogP contribution in [0, 0.1) is 5.92 Å². The minimum atomic E-state index is -4.66. The van der Waals surface area contributed by atoms with E-state index in [4.69, 9.17) is 5.10 Å². The molecule has 1 atom stereocenters. The molecule has 5 aromatic rings. The normalized spacial score (nSPS) is 22.1. The molecular weight excluding hydrogens is 723 g/mol. The summed E-state index contributed by atoms with van der Waals surface area (Å²) in [5.41, 5.74) is 0.606. The van der Waals surface area contributed by atoms with Crippen molar-refractivity contribution in [2.45, 2.75) is 56.6 Å². The van der Waals surface area contributed by atoms with Crippen LogP contribution in [0.1, 0.15) is 59.9 Å². The van der Waals surface area contributed by atoms with E-state index in [-0.39, 0.29) is 42.1 Å². The second-order valence-electron chi connectivity index (χ2n) is 14.4. The van der Waals surface area contributed by atoms with Gasteiger partial charge >= 0.3 is 6.18 Å². The number of nitrogens with one attached hydrogen (secondary N) is 2. The number of alkyl halides is 5. The lowest BCUT2D eigenvalue weighted by molar-refractivity contribution is -0.141. The zero-order valence-electron chi connectivity index (χ0n) is 29.4. The van der Waals surface area contributed by atoms with Crippen molar-refractivity contribution in [2.75, 3.05) is 36.4 Å². The third-order valence-electron chi connectivity index (χ3n) is 10.7. The van der Waals surface area contributed by atoms with Crippen LogP contribution < -0.4 is 15.5 Å². The number of nitrogens with zero attached hydrogens (tertiary/aromatic N) is 6. The molecule has 0 bridgehead atoms. The van der Waals surface area contributed by atoms with Crippen LogP contribution in [-0.2, 0) is 11.0 Å². The quantitative estimate of drug-likeness (QED) is 0.158. The van der Waals surface area contributed by atoms with Crippen LogP contribution in [0.5, 0.6) is 0 Å². The van der Waals surface area contributed by atoms with Gasteiger partial charge in [0.1, 0.15) is 11.4 Å². The van der Waals surface area contributed by atoms with Gasteiger partial charge in [-0.25, -0.2) is 4.98 Å². The zero-order chi connectivity index (χ0) is 38.5. The maximum absolute atomic E-state index is 15.8. The van der Waals surface area contributed by atoms with Gasteiger partial charge in [0.2, 0.25) is 12.3 Å². The highest BCUT2D eigenvalue weighted by atomic mass is 19.4. The Labute approximate surface area is 311 Å². The molecule has 2 aliphatic heterocycles.